The summed E-state index contributed by atoms with van der Waals surface area (Å²) in [6, 6.07) is 0. The molecule has 14 heavy (non-hydrogen) atoms. The minimum absolute atomic E-state index is 1.23. The van der Waals surface area contributed by atoms with Crippen molar-refractivity contribution in [3.8, 4) is 0 Å². The summed E-state index contributed by atoms with van der Waals surface area (Å²) in [5.74, 6) is 0. The highest BCUT2D eigenvalue weighted by atomic mass is 13.9. The summed E-state index contributed by atoms with van der Waals surface area (Å²) in [6.07, 6.45) is 25.0. The minimum Gasteiger partial charge on any atom is -0.0845 e. The molecule has 0 saturated carbocycles. The fourth-order valence-electron chi connectivity index (χ4n) is 1.48. The Morgan fingerprint density at radius 2 is 0.857 bits per heavy atom. The van der Waals surface area contributed by atoms with Crippen LogP contribution in [0.15, 0.2) is 48.6 Å². The number of rotatable bonds is 0. The van der Waals surface area contributed by atoms with Gasteiger partial charge in [-0.05, 0) is 25.7 Å². The molecule has 0 aromatic carbocycles. The lowest BCUT2D eigenvalue weighted by molar-refractivity contribution is 0.652. The van der Waals surface area contributed by atoms with E-state index in [-0.39, 0.29) is 0 Å². The van der Waals surface area contributed by atoms with E-state index < -0.39 is 0 Å². The summed E-state index contributed by atoms with van der Waals surface area (Å²) in [5, 5.41) is 0. The molecule has 0 atom stereocenters. The molecule has 1 aliphatic carbocycles. The zero-order chi connectivity index (χ0) is 9.90. The molecule has 0 aromatic heterocycles. The molecule has 0 heteroatoms. The summed E-state index contributed by atoms with van der Waals surface area (Å²) >= 11 is 0. The van der Waals surface area contributed by atoms with E-state index in [1.54, 1.807) is 0 Å². The van der Waals surface area contributed by atoms with E-state index in [1.165, 1.54) is 38.5 Å². The highest BCUT2D eigenvalue weighted by Crippen LogP contribution is 2.06. The van der Waals surface area contributed by atoms with Crippen molar-refractivity contribution in [3.05, 3.63) is 48.6 Å². The summed E-state index contributed by atoms with van der Waals surface area (Å²) in [5.41, 5.74) is 0. The molecule has 0 nitrogen and oxygen atoms in total. The summed E-state index contributed by atoms with van der Waals surface area (Å²) in [7, 11) is 0. The van der Waals surface area contributed by atoms with Gasteiger partial charge in [-0.2, -0.15) is 0 Å². The van der Waals surface area contributed by atoms with Crippen LogP contribution in [0.4, 0.5) is 0 Å². The molecule has 0 aromatic rings. The molecule has 0 heterocycles. The molecule has 0 unspecified atom stereocenters. The van der Waals surface area contributed by atoms with E-state index in [1.807, 2.05) is 0 Å². The van der Waals surface area contributed by atoms with Gasteiger partial charge in [0.05, 0.1) is 0 Å². The molecular formula is C14H20. The van der Waals surface area contributed by atoms with Crippen LogP contribution < -0.4 is 0 Å². The van der Waals surface area contributed by atoms with Gasteiger partial charge in [0, 0.05) is 0 Å². The average Bonchev–Trinajstić information content (AvgIpc) is 2.22. The molecule has 76 valence electrons. The SMILES string of the molecule is C1=C\C=C/CCCCCC/C=C\C=C/1. The van der Waals surface area contributed by atoms with Crippen molar-refractivity contribution >= 4 is 0 Å². The van der Waals surface area contributed by atoms with Gasteiger partial charge in [-0.15, -0.1) is 0 Å². The van der Waals surface area contributed by atoms with Gasteiger partial charge in [-0.25, -0.2) is 0 Å². The average molecular weight is 188 g/mol. The monoisotopic (exact) mass is 188 g/mol. The van der Waals surface area contributed by atoms with Crippen molar-refractivity contribution in [1.29, 1.82) is 0 Å². The van der Waals surface area contributed by atoms with Crippen LogP contribution in [0.5, 0.6) is 0 Å². The van der Waals surface area contributed by atoms with Crippen molar-refractivity contribution in [1.82, 2.24) is 0 Å². The van der Waals surface area contributed by atoms with Crippen LogP contribution in [0.25, 0.3) is 0 Å². The molecule has 0 radical (unpaired) electrons. The third-order valence-electron chi connectivity index (χ3n) is 2.32. The maximum atomic E-state index is 2.26. The second kappa shape index (κ2) is 8.55. The smallest absolute Gasteiger partial charge is 0.0348 e. The summed E-state index contributed by atoms with van der Waals surface area (Å²) in [6.45, 7) is 0. The largest absolute Gasteiger partial charge is 0.0845 e. The van der Waals surface area contributed by atoms with Crippen molar-refractivity contribution in [2.75, 3.05) is 0 Å². The van der Waals surface area contributed by atoms with E-state index in [4.69, 9.17) is 0 Å². The summed E-state index contributed by atoms with van der Waals surface area (Å²) in [4.78, 5) is 0. The first-order valence-corrected chi connectivity index (χ1v) is 5.65. The Bertz CT molecular complexity index is 202. The Morgan fingerprint density at radius 3 is 1.36 bits per heavy atom. The van der Waals surface area contributed by atoms with Crippen LogP contribution in [0.3, 0.4) is 0 Å². The fraction of sp³-hybridized carbons (Fsp3) is 0.429. The molecule has 0 spiro atoms. The second-order valence-corrected chi connectivity index (χ2v) is 3.62. The van der Waals surface area contributed by atoms with Crippen LogP contribution in [-0.4, -0.2) is 0 Å². The maximum Gasteiger partial charge on any atom is -0.0348 e. The Balaban J connectivity index is 2.36. The topological polar surface area (TPSA) is 0 Å². The predicted molar refractivity (Wildman–Crippen MR) is 64.3 cm³/mol. The molecular weight excluding hydrogens is 168 g/mol. The fourth-order valence-corrected chi connectivity index (χ4v) is 1.48. The van der Waals surface area contributed by atoms with Gasteiger partial charge in [-0.3, -0.25) is 0 Å². The Morgan fingerprint density at radius 1 is 0.429 bits per heavy atom. The molecule has 1 rings (SSSR count). The lowest BCUT2D eigenvalue weighted by atomic mass is 10.1. The normalized spacial score (nSPS) is 28.6. The molecule has 0 bridgehead atoms. The van der Waals surface area contributed by atoms with Gasteiger partial charge < -0.3 is 0 Å². The summed E-state index contributed by atoms with van der Waals surface area (Å²) < 4.78 is 0. The van der Waals surface area contributed by atoms with E-state index in [0.717, 1.165) is 0 Å². The minimum atomic E-state index is 1.23. The number of hydrogen-bond acceptors (Lipinski definition) is 0. The quantitative estimate of drug-likeness (QED) is 0.522. The van der Waals surface area contributed by atoms with Gasteiger partial charge in [-0.1, -0.05) is 61.4 Å². The van der Waals surface area contributed by atoms with E-state index in [9.17, 15) is 0 Å². The predicted octanol–water partition coefficient (Wildman–Crippen LogP) is 4.57. The van der Waals surface area contributed by atoms with Gasteiger partial charge in [0.25, 0.3) is 0 Å². The Kier molecular flexibility index (Phi) is 6.74. The van der Waals surface area contributed by atoms with Crippen LogP contribution in [0.2, 0.25) is 0 Å². The Labute approximate surface area is 87.7 Å². The third kappa shape index (κ3) is 6.47. The number of allylic oxidation sites excluding steroid dienone is 8. The molecule has 0 aliphatic heterocycles. The Hall–Kier alpha value is -1.04. The number of hydrogen-bond donors (Lipinski definition) is 0. The van der Waals surface area contributed by atoms with Crippen molar-refractivity contribution in [3.63, 3.8) is 0 Å². The van der Waals surface area contributed by atoms with Crippen LogP contribution in [0.1, 0.15) is 38.5 Å². The zero-order valence-electron chi connectivity index (χ0n) is 8.86. The highest BCUT2D eigenvalue weighted by molar-refractivity contribution is 5.15. The first-order chi connectivity index (χ1) is 7.00. The molecule has 0 N–H and O–H groups in total. The van der Waals surface area contributed by atoms with Gasteiger partial charge in [0.1, 0.15) is 0 Å². The van der Waals surface area contributed by atoms with Crippen molar-refractivity contribution in [2.24, 2.45) is 0 Å². The second-order valence-electron chi connectivity index (χ2n) is 3.62. The van der Waals surface area contributed by atoms with E-state index in [2.05, 4.69) is 48.6 Å². The van der Waals surface area contributed by atoms with Gasteiger partial charge in [0.15, 0.2) is 0 Å². The first kappa shape index (κ1) is 11.0. The zero-order valence-corrected chi connectivity index (χ0v) is 8.86. The van der Waals surface area contributed by atoms with Crippen LogP contribution in [0, 0.1) is 0 Å². The molecule has 1 aliphatic rings. The van der Waals surface area contributed by atoms with Crippen molar-refractivity contribution < 1.29 is 0 Å². The standard InChI is InChI=1S/C14H20/c1-2-4-6-8-10-12-14-13-11-9-7-5-3-1/h1-8H,9-14H2/b3-1-,4-2-,7-5-,8-6-. The van der Waals surface area contributed by atoms with Crippen LogP contribution in [-0.2, 0) is 0 Å². The van der Waals surface area contributed by atoms with E-state index in [0.29, 0.717) is 0 Å². The van der Waals surface area contributed by atoms with Crippen molar-refractivity contribution in [2.45, 2.75) is 38.5 Å². The molecule has 0 fully saturated rings. The van der Waals surface area contributed by atoms with Gasteiger partial charge >= 0.3 is 0 Å². The lowest BCUT2D eigenvalue weighted by Crippen LogP contribution is -1.76. The van der Waals surface area contributed by atoms with E-state index >= 15 is 0 Å². The van der Waals surface area contributed by atoms with Crippen LogP contribution >= 0.6 is 0 Å². The van der Waals surface area contributed by atoms with Gasteiger partial charge in [0.2, 0.25) is 0 Å². The highest BCUT2D eigenvalue weighted by Gasteiger charge is 1.87. The maximum absolute atomic E-state index is 2.26. The molecule has 0 amide bonds. The molecule has 0 saturated heterocycles. The third-order valence-corrected chi connectivity index (χ3v) is 2.32. The lowest BCUT2D eigenvalue weighted by Gasteiger charge is -1.96. The first-order valence-electron chi connectivity index (χ1n) is 5.65.